The second-order valence-electron chi connectivity index (χ2n) is 2.34. The van der Waals surface area contributed by atoms with Gasteiger partial charge in [0.05, 0.1) is 12.5 Å². The molecule has 6 nitrogen and oxygen atoms in total. The molecule has 0 saturated carbocycles. The van der Waals surface area contributed by atoms with Crippen LogP contribution in [0.2, 0.25) is 0 Å². The van der Waals surface area contributed by atoms with E-state index in [1.807, 2.05) is 0 Å². The van der Waals surface area contributed by atoms with Crippen LogP contribution in [0.1, 0.15) is 0 Å². The van der Waals surface area contributed by atoms with Gasteiger partial charge in [-0.3, -0.25) is 10.7 Å². The van der Waals surface area contributed by atoms with Gasteiger partial charge < -0.3 is 5.32 Å². The Balaban J connectivity index is 2.44. The number of hydrazine groups is 1. The van der Waals surface area contributed by atoms with Crippen LogP contribution in [0.3, 0.4) is 0 Å². The number of nitrogens with one attached hydrogen (secondary N) is 1. The summed E-state index contributed by atoms with van der Waals surface area (Å²) in [5, 5.41) is 4.09. The fourth-order valence-corrected chi connectivity index (χ4v) is 0.982. The third-order valence-corrected chi connectivity index (χ3v) is 1.67. The average molecular weight is 152 g/mol. The van der Waals surface area contributed by atoms with Gasteiger partial charge in [0.15, 0.2) is 0 Å². The molecular formula is C5H8N6. The molecule has 0 aromatic rings. The Morgan fingerprint density at radius 1 is 1.64 bits per heavy atom. The lowest BCUT2D eigenvalue weighted by Crippen LogP contribution is -2.59. The Morgan fingerprint density at radius 3 is 3.18 bits per heavy atom. The third-order valence-electron chi connectivity index (χ3n) is 1.67. The van der Waals surface area contributed by atoms with E-state index in [0.29, 0.717) is 5.70 Å². The fraction of sp³-hybridized carbons (Fsp3) is 0.200. The van der Waals surface area contributed by atoms with Gasteiger partial charge in [-0.2, -0.15) is 0 Å². The van der Waals surface area contributed by atoms with Crippen molar-refractivity contribution in [3.05, 3.63) is 11.9 Å². The van der Waals surface area contributed by atoms with Crippen molar-refractivity contribution >= 4 is 12.7 Å². The Morgan fingerprint density at radius 2 is 2.45 bits per heavy atom. The molecule has 11 heavy (non-hydrogen) atoms. The molecular weight excluding hydrogens is 144 g/mol. The molecule has 0 bridgehead atoms. The number of rotatable bonds is 0. The fourth-order valence-electron chi connectivity index (χ4n) is 0.982. The van der Waals surface area contributed by atoms with Gasteiger partial charge in [-0.15, -0.1) is 0 Å². The summed E-state index contributed by atoms with van der Waals surface area (Å²) in [6.45, 7) is 0. The largest absolute Gasteiger partial charge is 0.344 e. The first-order chi connectivity index (χ1) is 5.23. The summed E-state index contributed by atoms with van der Waals surface area (Å²) in [7, 11) is 0. The molecule has 6 heteroatoms. The smallest absolute Gasteiger partial charge is 0.243 e. The lowest BCUT2D eigenvalue weighted by Gasteiger charge is -2.31. The first-order valence-corrected chi connectivity index (χ1v) is 3.10. The Labute approximate surface area is 63.2 Å². The Hall–Kier alpha value is -1.40. The van der Waals surface area contributed by atoms with E-state index in [-0.39, 0.29) is 0 Å². The zero-order chi connectivity index (χ0) is 7.90. The van der Waals surface area contributed by atoms with Crippen LogP contribution in [0.5, 0.6) is 0 Å². The van der Waals surface area contributed by atoms with Crippen LogP contribution >= 0.6 is 0 Å². The summed E-state index contributed by atoms with van der Waals surface area (Å²) in [6.07, 6.45) is 4.52. The highest BCUT2D eigenvalue weighted by Crippen LogP contribution is 2.20. The van der Waals surface area contributed by atoms with Crippen molar-refractivity contribution in [3.8, 4) is 0 Å². The highest BCUT2D eigenvalue weighted by molar-refractivity contribution is 5.69. The summed E-state index contributed by atoms with van der Waals surface area (Å²) >= 11 is 0. The normalized spacial score (nSPS) is 33.3. The summed E-state index contributed by atoms with van der Waals surface area (Å²) in [5.41, 5.74) is 6.47. The van der Waals surface area contributed by atoms with E-state index >= 15 is 0 Å². The van der Waals surface area contributed by atoms with Crippen molar-refractivity contribution < 1.29 is 0 Å². The standard InChI is InChI=1S/C5H8N6/c6-5-4(9-2-10-5)1-8-3-11(5)7/h1-3H,6-7H2,(H,9,10). The number of nitrogens with zero attached hydrogens (tertiary/aromatic N) is 3. The summed E-state index contributed by atoms with van der Waals surface area (Å²) in [6, 6.07) is 0. The second kappa shape index (κ2) is 1.80. The quantitative estimate of drug-likeness (QED) is 0.360. The Bertz CT molecular complexity index is 266. The van der Waals surface area contributed by atoms with Crippen LogP contribution in [0.15, 0.2) is 21.9 Å². The minimum Gasteiger partial charge on any atom is -0.344 e. The van der Waals surface area contributed by atoms with Crippen molar-refractivity contribution in [2.45, 2.75) is 5.79 Å². The maximum Gasteiger partial charge on any atom is 0.243 e. The molecule has 2 aliphatic heterocycles. The summed E-state index contributed by atoms with van der Waals surface area (Å²) < 4.78 is 0. The van der Waals surface area contributed by atoms with E-state index in [0.717, 1.165) is 0 Å². The molecule has 0 aliphatic carbocycles. The van der Waals surface area contributed by atoms with Gasteiger partial charge in [-0.25, -0.2) is 15.8 Å². The number of nitrogens with two attached hydrogens (primary N) is 2. The molecule has 2 rings (SSSR count). The molecule has 1 atom stereocenters. The molecule has 0 aromatic carbocycles. The van der Waals surface area contributed by atoms with E-state index < -0.39 is 5.79 Å². The van der Waals surface area contributed by atoms with Crippen LogP contribution < -0.4 is 16.9 Å². The van der Waals surface area contributed by atoms with E-state index in [9.17, 15) is 0 Å². The third kappa shape index (κ3) is 0.673. The van der Waals surface area contributed by atoms with Crippen LogP contribution in [0, 0.1) is 0 Å². The van der Waals surface area contributed by atoms with Crippen LogP contribution in [-0.4, -0.2) is 23.5 Å². The molecule has 0 radical (unpaired) electrons. The molecule has 1 unspecified atom stereocenters. The molecule has 0 aromatic heterocycles. The van der Waals surface area contributed by atoms with Crippen LogP contribution in [-0.2, 0) is 0 Å². The second-order valence-corrected chi connectivity index (χ2v) is 2.34. The van der Waals surface area contributed by atoms with Gasteiger partial charge in [0.25, 0.3) is 0 Å². The SMILES string of the molecule is NN1C=NC=C2NC=NC21N. The minimum absolute atomic E-state index is 0.683. The molecule has 2 aliphatic rings. The van der Waals surface area contributed by atoms with E-state index in [4.69, 9.17) is 11.6 Å². The Kier molecular flexibility index (Phi) is 1.04. The summed E-state index contributed by atoms with van der Waals surface area (Å²) in [4.78, 5) is 7.79. The van der Waals surface area contributed by atoms with Gasteiger partial charge in [0.2, 0.25) is 5.79 Å². The number of aliphatic imine (C=N–C) groups is 2. The zero-order valence-corrected chi connectivity index (χ0v) is 5.73. The van der Waals surface area contributed by atoms with Gasteiger partial charge in [0, 0.05) is 0 Å². The van der Waals surface area contributed by atoms with Crippen LogP contribution in [0.4, 0.5) is 0 Å². The zero-order valence-electron chi connectivity index (χ0n) is 5.73. The van der Waals surface area contributed by atoms with Gasteiger partial charge >= 0.3 is 0 Å². The van der Waals surface area contributed by atoms with Crippen molar-refractivity contribution in [1.29, 1.82) is 0 Å². The van der Waals surface area contributed by atoms with Crippen molar-refractivity contribution in [2.24, 2.45) is 21.6 Å². The highest BCUT2D eigenvalue weighted by atomic mass is 15.6. The van der Waals surface area contributed by atoms with Crippen molar-refractivity contribution in [3.63, 3.8) is 0 Å². The number of hydrogen-bond donors (Lipinski definition) is 3. The highest BCUT2D eigenvalue weighted by Gasteiger charge is 2.38. The topological polar surface area (TPSA) is 92.0 Å². The molecule has 2 heterocycles. The maximum atomic E-state index is 5.79. The maximum absolute atomic E-state index is 5.79. The molecule has 0 spiro atoms. The number of hydrogen-bond acceptors (Lipinski definition) is 6. The first kappa shape index (κ1) is 6.32. The van der Waals surface area contributed by atoms with Crippen molar-refractivity contribution in [1.82, 2.24) is 10.3 Å². The lowest BCUT2D eigenvalue weighted by molar-refractivity contribution is 0.241. The lowest BCUT2D eigenvalue weighted by atomic mass is 10.2. The number of fused-ring (bicyclic) bond motifs is 1. The van der Waals surface area contributed by atoms with E-state index in [2.05, 4.69) is 15.3 Å². The first-order valence-electron chi connectivity index (χ1n) is 3.10. The van der Waals surface area contributed by atoms with Gasteiger partial charge in [-0.05, 0) is 0 Å². The molecule has 5 N–H and O–H groups in total. The molecule has 0 amide bonds. The van der Waals surface area contributed by atoms with Crippen LogP contribution in [0.25, 0.3) is 0 Å². The molecule has 0 fully saturated rings. The monoisotopic (exact) mass is 152 g/mol. The molecule has 0 saturated heterocycles. The average Bonchev–Trinajstić information content (AvgIpc) is 2.34. The summed E-state index contributed by atoms with van der Waals surface area (Å²) in [5.74, 6) is 4.55. The molecule has 58 valence electrons. The van der Waals surface area contributed by atoms with Gasteiger partial charge in [-0.1, -0.05) is 0 Å². The van der Waals surface area contributed by atoms with Crippen molar-refractivity contribution in [2.75, 3.05) is 0 Å². The van der Waals surface area contributed by atoms with E-state index in [1.165, 1.54) is 17.7 Å². The van der Waals surface area contributed by atoms with Gasteiger partial charge in [0.1, 0.15) is 12.0 Å². The minimum atomic E-state index is -0.970. The predicted octanol–water partition coefficient (Wildman–Crippen LogP) is -1.71. The van der Waals surface area contributed by atoms with E-state index in [1.54, 1.807) is 6.20 Å². The predicted molar refractivity (Wildman–Crippen MR) is 41.1 cm³/mol.